The third-order valence-electron chi connectivity index (χ3n) is 2.81. The first kappa shape index (κ1) is 12.5. The summed E-state index contributed by atoms with van der Waals surface area (Å²) in [6.07, 6.45) is 1.62. The second kappa shape index (κ2) is 5.16. The molecule has 90 valence electrons. The molecule has 0 saturated carbocycles. The number of sulfone groups is 1. The summed E-state index contributed by atoms with van der Waals surface area (Å²) in [5.41, 5.74) is 0. The fraction of sp³-hybridized carbons (Fsp3) is 0.600. The first-order chi connectivity index (χ1) is 7.59. The maximum absolute atomic E-state index is 11.6. The summed E-state index contributed by atoms with van der Waals surface area (Å²) >= 11 is 5.13. The van der Waals surface area contributed by atoms with E-state index in [9.17, 15) is 8.42 Å². The summed E-state index contributed by atoms with van der Waals surface area (Å²) in [5.74, 6) is 0.363. The molecule has 0 spiro atoms. The zero-order chi connectivity index (χ0) is 11.6. The molecule has 16 heavy (non-hydrogen) atoms. The van der Waals surface area contributed by atoms with Crippen LogP contribution in [-0.4, -0.2) is 26.0 Å². The van der Waals surface area contributed by atoms with Crippen molar-refractivity contribution >= 4 is 37.1 Å². The molecule has 0 radical (unpaired) electrons. The Morgan fingerprint density at radius 3 is 2.94 bits per heavy atom. The standard InChI is InChI=1S/C10H14BrNO2S2/c11-9-3-4-15-10(9)7-12-6-8-2-1-5-16(8,13)14/h3-4,8,12H,1-2,5-7H2. The lowest BCUT2D eigenvalue weighted by molar-refractivity contribution is 0.574. The number of thiophene rings is 1. The molecule has 1 saturated heterocycles. The molecule has 0 bridgehead atoms. The summed E-state index contributed by atoms with van der Waals surface area (Å²) in [4.78, 5) is 1.22. The molecule has 6 heteroatoms. The van der Waals surface area contributed by atoms with Crippen molar-refractivity contribution in [2.75, 3.05) is 12.3 Å². The quantitative estimate of drug-likeness (QED) is 0.923. The number of halogens is 1. The first-order valence-corrected chi connectivity index (χ1v) is 8.62. The second-order valence-corrected chi connectivity index (χ2v) is 8.21. The van der Waals surface area contributed by atoms with E-state index in [4.69, 9.17) is 0 Å². The van der Waals surface area contributed by atoms with E-state index in [1.54, 1.807) is 11.3 Å². The van der Waals surface area contributed by atoms with Gasteiger partial charge in [0.1, 0.15) is 0 Å². The van der Waals surface area contributed by atoms with Crippen molar-refractivity contribution in [2.24, 2.45) is 0 Å². The maximum Gasteiger partial charge on any atom is 0.154 e. The van der Waals surface area contributed by atoms with Crippen LogP contribution in [0.25, 0.3) is 0 Å². The van der Waals surface area contributed by atoms with Crippen LogP contribution in [0.5, 0.6) is 0 Å². The highest BCUT2D eigenvalue weighted by Crippen LogP contribution is 2.23. The Kier molecular flexibility index (Phi) is 4.05. The highest BCUT2D eigenvalue weighted by atomic mass is 79.9. The normalized spacial score (nSPS) is 23.7. The summed E-state index contributed by atoms with van der Waals surface area (Å²) in [5, 5.41) is 5.07. The van der Waals surface area contributed by atoms with E-state index in [1.807, 2.05) is 11.4 Å². The van der Waals surface area contributed by atoms with Crippen LogP contribution >= 0.6 is 27.3 Å². The van der Waals surface area contributed by atoms with E-state index < -0.39 is 9.84 Å². The molecule has 2 heterocycles. The van der Waals surface area contributed by atoms with E-state index in [0.29, 0.717) is 12.3 Å². The zero-order valence-electron chi connectivity index (χ0n) is 8.78. The van der Waals surface area contributed by atoms with Gasteiger partial charge in [-0.05, 0) is 40.2 Å². The smallest absolute Gasteiger partial charge is 0.154 e. The Morgan fingerprint density at radius 1 is 1.56 bits per heavy atom. The Labute approximate surface area is 108 Å². The lowest BCUT2D eigenvalue weighted by Crippen LogP contribution is -2.30. The molecule has 1 unspecified atom stereocenters. The molecular formula is C10H14BrNO2S2. The molecule has 3 nitrogen and oxygen atoms in total. The van der Waals surface area contributed by atoms with Crippen LogP contribution in [0.2, 0.25) is 0 Å². The monoisotopic (exact) mass is 323 g/mol. The Balaban J connectivity index is 1.83. The molecule has 0 aliphatic carbocycles. The minimum atomic E-state index is -2.81. The summed E-state index contributed by atoms with van der Waals surface area (Å²) in [6.45, 7) is 1.32. The van der Waals surface area contributed by atoms with Crippen molar-refractivity contribution in [2.45, 2.75) is 24.6 Å². The topological polar surface area (TPSA) is 46.2 Å². The van der Waals surface area contributed by atoms with Gasteiger partial charge in [0.2, 0.25) is 0 Å². The SMILES string of the molecule is O=S1(=O)CCCC1CNCc1sccc1Br. The lowest BCUT2D eigenvalue weighted by Gasteiger charge is -2.10. The average molecular weight is 324 g/mol. The highest BCUT2D eigenvalue weighted by molar-refractivity contribution is 9.10. The molecular weight excluding hydrogens is 310 g/mol. The van der Waals surface area contributed by atoms with Gasteiger partial charge in [-0.15, -0.1) is 11.3 Å². The van der Waals surface area contributed by atoms with Crippen molar-refractivity contribution in [3.8, 4) is 0 Å². The Bertz CT molecular complexity index is 455. The molecule has 1 fully saturated rings. The van der Waals surface area contributed by atoms with Crippen LogP contribution in [0.3, 0.4) is 0 Å². The summed E-state index contributed by atoms with van der Waals surface area (Å²) < 4.78 is 24.2. The number of hydrogen-bond acceptors (Lipinski definition) is 4. The van der Waals surface area contributed by atoms with E-state index in [2.05, 4.69) is 21.2 Å². The summed E-state index contributed by atoms with van der Waals surface area (Å²) in [7, 11) is -2.81. The van der Waals surface area contributed by atoms with Crippen LogP contribution in [0.4, 0.5) is 0 Å². The van der Waals surface area contributed by atoms with Gasteiger partial charge in [0, 0.05) is 22.4 Å². The second-order valence-electron chi connectivity index (χ2n) is 3.95. The van der Waals surface area contributed by atoms with E-state index >= 15 is 0 Å². The third kappa shape index (κ3) is 2.85. The van der Waals surface area contributed by atoms with Crippen LogP contribution in [-0.2, 0) is 16.4 Å². The molecule has 1 aliphatic heterocycles. The number of rotatable bonds is 4. The molecule has 1 N–H and O–H groups in total. The minimum absolute atomic E-state index is 0.175. The molecule has 2 rings (SSSR count). The molecule has 0 amide bonds. The minimum Gasteiger partial charge on any atom is -0.311 e. The van der Waals surface area contributed by atoms with E-state index in [-0.39, 0.29) is 5.25 Å². The van der Waals surface area contributed by atoms with Crippen LogP contribution < -0.4 is 5.32 Å². The van der Waals surface area contributed by atoms with Gasteiger partial charge in [-0.1, -0.05) is 0 Å². The van der Waals surface area contributed by atoms with Gasteiger partial charge < -0.3 is 5.32 Å². The van der Waals surface area contributed by atoms with Gasteiger partial charge >= 0.3 is 0 Å². The fourth-order valence-electron chi connectivity index (χ4n) is 1.89. The maximum atomic E-state index is 11.6. The zero-order valence-corrected chi connectivity index (χ0v) is 12.0. The molecule has 1 atom stereocenters. The fourth-order valence-corrected chi connectivity index (χ4v) is 5.15. The predicted molar refractivity (Wildman–Crippen MR) is 70.5 cm³/mol. The van der Waals surface area contributed by atoms with Crippen molar-refractivity contribution in [3.05, 3.63) is 20.8 Å². The van der Waals surface area contributed by atoms with Gasteiger partial charge in [0.15, 0.2) is 9.84 Å². The summed E-state index contributed by atoms with van der Waals surface area (Å²) in [6, 6.07) is 2.01. The molecule has 1 aliphatic rings. The Morgan fingerprint density at radius 2 is 2.38 bits per heavy atom. The van der Waals surface area contributed by atoms with Gasteiger partial charge in [0.05, 0.1) is 11.0 Å². The molecule has 1 aromatic heterocycles. The number of hydrogen-bond donors (Lipinski definition) is 1. The van der Waals surface area contributed by atoms with Crippen molar-refractivity contribution < 1.29 is 8.42 Å². The van der Waals surface area contributed by atoms with Crippen molar-refractivity contribution in [3.63, 3.8) is 0 Å². The van der Waals surface area contributed by atoms with Crippen molar-refractivity contribution in [1.82, 2.24) is 5.32 Å². The first-order valence-electron chi connectivity index (χ1n) is 5.24. The molecule has 0 aromatic carbocycles. The van der Waals surface area contributed by atoms with Crippen LogP contribution in [0.1, 0.15) is 17.7 Å². The molecule has 1 aromatic rings. The Hall–Kier alpha value is 0.0900. The van der Waals surface area contributed by atoms with Gasteiger partial charge in [0.25, 0.3) is 0 Å². The van der Waals surface area contributed by atoms with E-state index in [1.165, 1.54) is 4.88 Å². The van der Waals surface area contributed by atoms with Gasteiger partial charge in [-0.2, -0.15) is 0 Å². The van der Waals surface area contributed by atoms with Crippen LogP contribution in [0.15, 0.2) is 15.9 Å². The number of nitrogens with one attached hydrogen (secondary N) is 1. The van der Waals surface area contributed by atoms with E-state index in [0.717, 1.165) is 23.9 Å². The van der Waals surface area contributed by atoms with Gasteiger partial charge in [-0.3, -0.25) is 0 Å². The van der Waals surface area contributed by atoms with Crippen molar-refractivity contribution in [1.29, 1.82) is 0 Å². The van der Waals surface area contributed by atoms with Gasteiger partial charge in [-0.25, -0.2) is 8.42 Å². The predicted octanol–water partition coefficient (Wildman–Crippen LogP) is 2.18. The lowest BCUT2D eigenvalue weighted by atomic mass is 10.2. The largest absolute Gasteiger partial charge is 0.311 e. The average Bonchev–Trinajstić information content (AvgIpc) is 2.75. The van der Waals surface area contributed by atoms with Crippen LogP contribution in [0, 0.1) is 0 Å². The highest BCUT2D eigenvalue weighted by Gasteiger charge is 2.30. The third-order valence-corrected chi connectivity index (χ3v) is 7.01.